The Hall–Kier alpha value is -2.97. The Bertz CT molecular complexity index is 744. The van der Waals surface area contributed by atoms with Crippen LogP contribution in [0.5, 0.6) is 0 Å². The lowest BCUT2D eigenvalue weighted by molar-refractivity contribution is -0.387. The summed E-state index contributed by atoms with van der Waals surface area (Å²) in [6.45, 7) is -0.0133. The molecule has 0 bridgehead atoms. The van der Waals surface area contributed by atoms with Gasteiger partial charge in [-0.15, -0.1) is 0 Å². The van der Waals surface area contributed by atoms with Gasteiger partial charge in [-0.05, 0) is 6.07 Å². The number of aromatic nitrogens is 2. The maximum Gasteiger partial charge on any atom is 0.407 e. The highest BCUT2D eigenvalue weighted by Crippen LogP contribution is 2.30. The third-order valence-corrected chi connectivity index (χ3v) is 3.07. The molecule has 9 heteroatoms. The van der Waals surface area contributed by atoms with Crippen LogP contribution in [0.1, 0.15) is 5.56 Å². The second-order valence-corrected chi connectivity index (χ2v) is 4.71. The fourth-order valence-corrected chi connectivity index (χ4v) is 2.05. The Balaban J connectivity index is 2.52. The summed E-state index contributed by atoms with van der Waals surface area (Å²) >= 11 is 0. The summed E-state index contributed by atoms with van der Waals surface area (Å²) in [6, 6.07) is 3.79. The molecule has 2 rings (SSSR count). The second-order valence-electron chi connectivity index (χ2n) is 4.71. The van der Waals surface area contributed by atoms with E-state index in [2.05, 4.69) is 5.10 Å². The number of nitro benzene ring substituents is 1. The minimum absolute atomic E-state index is 0.0133. The van der Waals surface area contributed by atoms with Crippen molar-refractivity contribution in [3.8, 4) is 11.3 Å². The van der Waals surface area contributed by atoms with E-state index in [1.54, 1.807) is 13.2 Å². The number of halogens is 1. The number of hydrogen-bond donors (Lipinski definition) is 1. The van der Waals surface area contributed by atoms with Gasteiger partial charge < -0.3 is 10.0 Å². The first kappa shape index (κ1) is 15.4. The zero-order valence-corrected chi connectivity index (χ0v) is 11.9. The Labute approximate surface area is 124 Å². The fourth-order valence-electron chi connectivity index (χ4n) is 2.05. The van der Waals surface area contributed by atoms with Gasteiger partial charge in [-0.2, -0.15) is 9.49 Å². The average Bonchev–Trinajstić information content (AvgIpc) is 2.79. The lowest BCUT2D eigenvalue weighted by atomic mass is 10.1. The van der Waals surface area contributed by atoms with Crippen molar-refractivity contribution in [3.63, 3.8) is 0 Å². The summed E-state index contributed by atoms with van der Waals surface area (Å²) in [4.78, 5) is 21.9. The highest BCUT2D eigenvalue weighted by Gasteiger charge is 2.23. The van der Waals surface area contributed by atoms with E-state index in [1.165, 1.54) is 23.9 Å². The van der Waals surface area contributed by atoms with Crippen LogP contribution in [0, 0.1) is 15.9 Å². The van der Waals surface area contributed by atoms with Gasteiger partial charge in [0, 0.05) is 37.5 Å². The van der Waals surface area contributed by atoms with Gasteiger partial charge in [0.25, 0.3) is 0 Å². The zero-order chi connectivity index (χ0) is 16.4. The van der Waals surface area contributed by atoms with Gasteiger partial charge in [-0.1, -0.05) is 6.07 Å². The summed E-state index contributed by atoms with van der Waals surface area (Å²) in [6.07, 6.45) is 0.405. The van der Waals surface area contributed by atoms with Gasteiger partial charge in [0.15, 0.2) is 0 Å². The number of carbonyl (C=O) groups is 1. The van der Waals surface area contributed by atoms with Crippen LogP contribution in [0.2, 0.25) is 0 Å². The van der Waals surface area contributed by atoms with Crippen LogP contribution in [0.4, 0.5) is 14.9 Å². The summed E-state index contributed by atoms with van der Waals surface area (Å²) in [5, 5.41) is 23.8. The SMILES string of the molecule is CN(Cc1cn(C)nc1-c1cccc([N+](=O)[O-])c1F)C(=O)O. The Morgan fingerprint density at radius 1 is 1.55 bits per heavy atom. The summed E-state index contributed by atoms with van der Waals surface area (Å²) in [5.74, 6) is -0.995. The first-order chi connectivity index (χ1) is 10.3. The molecule has 0 saturated carbocycles. The molecule has 0 spiro atoms. The highest BCUT2D eigenvalue weighted by atomic mass is 19.1. The summed E-state index contributed by atoms with van der Waals surface area (Å²) < 4.78 is 15.7. The van der Waals surface area contributed by atoms with Crippen molar-refractivity contribution in [2.24, 2.45) is 7.05 Å². The molecule has 0 aliphatic carbocycles. The number of rotatable bonds is 4. The van der Waals surface area contributed by atoms with E-state index < -0.39 is 22.5 Å². The quantitative estimate of drug-likeness (QED) is 0.689. The summed E-state index contributed by atoms with van der Waals surface area (Å²) in [7, 11) is 2.96. The minimum Gasteiger partial charge on any atom is -0.465 e. The molecular weight excluding hydrogens is 295 g/mol. The van der Waals surface area contributed by atoms with Crippen molar-refractivity contribution in [2.75, 3.05) is 7.05 Å². The van der Waals surface area contributed by atoms with E-state index in [4.69, 9.17) is 5.11 Å². The maximum absolute atomic E-state index is 14.3. The molecule has 116 valence electrons. The molecule has 22 heavy (non-hydrogen) atoms. The van der Waals surface area contributed by atoms with Crippen LogP contribution in [0.25, 0.3) is 11.3 Å². The van der Waals surface area contributed by atoms with Gasteiger partial charge in [-0.25, -0.2) is 4.79 Å². The molecule has 8 nitrogen and oxygen atoms in total. The van der Waals surface area contributed by atoms with E-state index in [0.717, 1.165) is 11.0 Å². The number of aryl methyl sites for hydroxylation is 1. The van der Waals surface area contributed by atoms with Crippen molar-refractivity contribution < 1.29 is 19.2 Å². The molecule has 1 heterocycles. The molecule has 0 radical (unpaired) electrons. The van der Waals surface area contributed by atoms with Gasteiger partial charge in [0.05, 0.1) is 11.5 Å². The van der Waals surface area contributed by atoms with Gasteiger partial charge in [-0.3, -0.25) is 14.8 Å². The second kappa shape index (κ2) is 5.80. The first-order valence-electron chi connectivity index (χ1n) is 6.21. The van der Waals surface area contributed by atoms with Crippen molar-refractivity contribution in [3.05, 3.63) is 45.9 Å². The van der Waals surface area contributed by atoms with E-state index in [0.29, 0.717) is 5.56 Å². The Morgan fingerprint density at radius 3 is 2.82 bits per heavy atom. The predicted molar refractivity (Wildman–Crippen MR) is 74.7 cm³/mol. The Morgan fingerprint density at radius 2 is 2.23 bits per heavy atom. The number of nitro groups is 1. The smallest absolute Gasteiger partial charge is 0.407 e. The molecular formula is C13H13FN4O4. The molecule has 0 aliphatic rings. The van der Waals surface area contributed by atoms with Crippen LogP contribution in [-0.2, 0) is 13.6 Å². The standard InChI is InChI=1S/C13H13FN4O4/c1-16(13(19)20)6-8-7-17(2)15-12(8)9-4-3-5-10(11(9)14)18(21)22/h3-5,7H,6H2,1-2H3,(H,19,20). The van der Waals surface area contributed by atoms with Crippen LogP contribution >= 0.6 is 0 Å². The summed E-state index contributed by atoms with van der Waals surface area (Å²) in [5.41, 5.74) is -0.0621. The van der Waals surface area contributed by atoms with E-state index in [9.17, 15) is 19.3 Å². The first-order valence-corrected chi connectivity index (χ1v) is 6.21. The molecule has 1 aromatic heterocycles. The monoisotopic (exact) mass is 308 g/mol. The third kappa shape index (κ3) is 2.87. The molecule has 0 fully saturated rings. The molecule has 0 unspecified atom stereocenters. The molecule has 1 aromatic carbocycles. The third-order valence-electron chi connectivity index (χ3n) is 3.07. The largest absolute Gasteiger partial charge is 0.465 e. The van der Waals surface area contributed by atoms with Crippen LogP contribution in [-0.4, -0.2) is 37.9 Å². The number of nitrogens with zero attached hydrogens (tertiary/aromatic N) is 4. The van der Waals surface area contributed by atoms with Crippen LogP contribution in [0.3, 0.4) is 0 Å². The van der Waals surface area contributed by atoms with Gasteiger partial charge >= 0.3 is 11.8 Å². The molecule has 1 amide bonds. The highest BCUT2D eigenvalue weighted by molar-refractivity contribution is 5.68. The average molecular weight is 308 g/mol. The van der Waals surface area contributed by atoms with Crippen LogP contribution in [0.15, 0.2) is 24.4 Å². The molecule has 0 atom stereocenters. The fraction of sp³-hybridized carbons (Fsp3) is 0.231. The van der Waals surface area contributed by atoms with E-state index in [1.807, 2.05) is 0 Å². The molecule has 2 aromatic rings. The normalized spacial score (nSPS) is 10.5. The number of carboxylic acid groups (broad SMARTS) is 1. The lowest BCUT2D eigenvalue weighted by Crippen LogP contribution is -2.24. The van der Waals surface area contributed by atoms with E-state index >= 15 is 0 Å². The number of hydrogen-bond acceptors (Lipinski definition) is 4. The van der Waals surface area contributed by atoms with Crippen molar-refractivity contribution in [1.82, 2.24) is 14.7 Å². The van der Waals surface area contributed by atoms with Crippen LogP contribution < -0.4 is 0 Å². The lowest BCUT2D eigenvalue weighted by Gasteiger charge is -2.12. The topological polar surface area (TPSA) is 102 Å². The Kier molecular flexibility index (Phi) is 4.06. The minimum atomic E-state index is -1.14. The maximum atomic E-state index is 14.3. The van der Waals surface area contributed by atoms with E-state index in [-0.39, 0.29) is 17.8 Å². The number of amides is 1. The molecule has 1 N–H and O–H groups in total. The van der Waals surface area contributed by atoms with Gasteiger partial charge in [0.1, 0.15) is 5.69 Å². The van der Waals surface area contributed by atoms with Gasteiger partial charge in [0.2, 0.25) is 5.82 Å². The number of benzene rings is 1. The molecule has 0 aliphatic heterocycles. The predicted octanol–water partition coefficient (Wildman–Crippen LogP) is 2.24. The van der Waals surface area contributed by atoms with Crippen molar-refractivity contribution in [1.29, 1.82) is 0 Å². The molecule has 0 saturated heterocycles. The van der Waals surface area contributed by atoms with Crippen molar-refractivity contribution in [2.45, 2.75) is 6.54 Å². The zero-order valence-electron chi connectivity index (χ0n) is 11.9. The van der Waals surface area contributed by atoms with Crippen molar-refractivity contribution >= 4 is 11.8 Å².